The lowest BCUT2D eigenvalue weighted by molar-refractivity contribution is 0.162. The smallest absolute Gasteiger partial charge is 0.183 e. The van der Waals surface area contributed by atoms with E-state index >= 15 is 0 Å². The molecule has 136 valence electrons. The van der Waals surface area contributed by atoms with Gasteiger partial charge < -0.3 is 4.74 Å². The minimum Gasteiger partial charge on any atom is -0.383 e. The summed E-state index contributed by atoms with van der Waals surface area (Å²) in [6.07, 6.45) is 0.914. The Morgan fingerprint density at radius 2 is 1.73 bits per heavy atom. The summed E-state index contributed by atoms with van der Waals surface area (Å²) in [5, 5.41) is 9.05. The number of benzene rings is 2. The highest BCUT2D eigenvalue weighted by Gasteiger charge is 2.72. The van der Waals surface area contributed by atoms with E-state index < -0.39 is 20.5 Å². The van der Waals surface area contributed by atoms with Gasteiger partial charge in [-0.3, -0.25) is 0 Å². The van der Waals surface area contributed by atoms with E-state index in [1.54, 1.807) is 24.3 Å². The number of methoxy groups -OCH3 is 1. The average molecular weight is 369 g/mol. The molecule has 3 atom stereocenters. The van der Waals surface area contributed by atoms with Gasteiger partial charge in [0.2, 0.25) is 0 Å². The topological polar surface area (TPSA) is 67.2 Å². The number of aryl methyl sites for hydroxylation is 2. The van der Waals surface area contributed by atoms with Crippen LogP contribution in [0.4, 0.5) is 0 Å². The molecule has 2 aromatic rings. The third-order valence-electron chi connectivity index (χ3n) is 5.28. The average Bonchev–Trinajstić information content (AvgIpc) is 3.32. The molecule has 0 radical (unpaired) electrons. The predicted molar refractivity (Wildman–Crippen MR) is 101 cm³/mol. The fourth-order valence-corrected chi connectivity index (χ4v) is 6.05. The highest BCUT2D eigenvalue weighted by Crippen LogP contribution is 2.63. The standard InChI is InChI=1S/C21H23NO3S/c1-4-16-7-9-17(10-8-16)19-20(21(19,13-22)14-25-3)26(23,24)18-11-5-15(2)6-12-18/h5-12,19-20H,4,14H2,1-3H3/t19-,20-,21-/m1/s1. The van der Waals surface area contributed by atoms with Crippen molar-refractivity contribution in [3.63, 3.8) is 0 Å². The van der Waals surface area contributed by atoms with E-state index in [-0.39, 0.29) is 17.4 Å². The maximum Gasteiger partial charge on any atom is 0.183 e. The van der Waals surface area contributed by atoms with Gasteiger partial charge >= 0.3 is 0 Å². The molecule has 0 bridgehead atoms. The van der Waals surface area contributed by atoms with Crippen molar-refractivity contribution in [2.24, 2.45) is 5.41 Å². The van der Waals surface area contributed by atoms with Crippen molar-refractivity contribution in [1.29, 1.82) is 5.26 Å². The fourth-order valence-electron chi connectivity index (χ4n) is 3.74. The summed E-state index contributed by atoms with van der Waals surface area (Å²) >= 11 is 0. The summed E-state index contributed by atoms with van der Waals surface area (Å²) in [6.45, 7) is 4.08. The van der Waals surface area contributed by atoms with Crippen LogP contribution >= 0.6 is 0 Å². The number of sulfone groups is 1. The number of ether oxygens (including phenoxy) is 1. The molecular weight excluding hydrogens is 346 g/mol. The zero-order valence-corrected chi connectivity index (χ0v) is 16.1. The molecule has 2 aromatic carbocycles. The van der Waals surface area contributed by atoms with E-state index in [0.29, 0.717) is 0 Å². The van der Waals surface area contributed by atoms with Crippen molar-refractivity contribution in [2.75, 3.05) is 13.7 Å². The largest absolute Gasteiger partial charge is 0.383 e. The Morgan fingerprint density at radius 1 is 1.12 bits per heavy atom. The highest BCUT2D eigenvalue weighted by atomic mass is 32.2. The van der Waals surface area contributed by atoms with Gasteiger partial charge in [-0.1, -0.05) is 48.9 Å². The molecule has 0 N–H and O–H groups in total. The predicted octanol–water partition coefficient (Wildman–Crippen LogP) is 3.65. The van der Waals surface area contributed by atoms with E-state index in [2.05, 4.69) is 13.0 Å². The van der Waals surface area contributed by atoms with E-state index in [1.807, 2.05) is 31.2 Å². The quantitative estimate of drug-likeness (QED) is 0.779. The molecule has 3 rings (SSSR count). The second kappa shape index (κ2) is 6.86. The maximum atomic E-state index is 13.3. The van der Waals surface area contributed by atoms with Gasteiger partial charge in [0.05, 0.1) is 22.8 Å². The van der Waals surface area contributed by atoms with Crippen molar-refractivity contribution >= 4 is 9.84 Å². The Kier molecular flexibility index (Phi) is 4.92. The molecule has 1 aliphatic rings. The zero-order valence-electron chi connectivity index (χ0n) is 15.3. The molecule has 0 unspecified atom stereocenters. The molecule has 1 fully saturated rings. The normalized spacial score (nSPS) is 24.8. The van der Waals surface area contributed by atoms with Crippen LogP contribution in [0.1, 0.15) is 29.5 Å². The molecule has 1 saturated carbocycles. The minimum absolute atomic E-state index is 0.0967. The van der Waals surface area contributed by atoms with Crippen LogP contribution in [0.15, 0.2) is 53.4 Å². The van der Waals surface area contributed by atoms with Crippen LogP contribution < -0.4 is 0 Å². The van der Waals surface area contributed by atoms with Gasteiger partial charge in [0.15, 0.2) is 9.84 Å². The lowest BCUT2D eigenvalue weighted by atomic mass is 10.00. The minimum atomic E-state index is -3.64. The van der Waals surface area contributed by atoms with Crippen LogP contribution in [0.25, 0.3) is 0 Å². The van der Waals surface area contributed by atoms with Gasteiger partial charge in [0.1, 0.15) is 5.41 Å². The SMILES string of the molecule is CCc1ccc([C@@H]2[C@@H](S(=O)(=O)c3ccc(C)cc3)[C@]2(C#N)COC)cc1. The highest BCUT2D eigenvalue weighted by molar-refractivity contribution is 7.92. The van der Waals surface area contributed by atoms with Crippen LogP contribution in [0.5, 0.6) is 0 Å². The first-order valence-electron chi connectivity index (χ1n) is 8.70. The van der Waals surface area contributed by atoms with Gasteiger partial charge in [-0.05, 0) is 36.6 Å². The summed E-state index contributed by atoms with van der Waals surface area (Å²) in [5.74, 6) is -0.385. The van der Waals surface area contributed by atoms with E-state index in [1.165, 1.54) is 12.7 Å². The molecule has 0 aliphatic heterocycles. The molecule has 0 heterocycles. The summed E-state index contributed by atoms with van der Waals surface area (Å²) < 4.78 is 31.8. The van der Waals surface area contributed by atoms with Crippen molar-refractivity contribution in [3.05, 3.63) is 65.2 Å². The van der Waals surface area contributed by atoms with Crippen LogP contribution in [0.3, 0.4) is 0 Å². The first-order chi connectivity index (χ1) is 12.4. The first kappa shape index (κ1) is 18.6. The lowest BCUT2D eigenvalue weighted by Crippen LogP contribution is -2.19. The molecule has 0 spiro atoms. The maximum absolute atomic E-state index is 13.3. The number of hydrogen-bond donors (Lipinski definition) is 0. The Labute approximate surface area is 155 Å². The van der Waals surface area contributed by atoms with Gasteiger partial charge in [0, 0.05) is 13.0 Å². The molecule has 0 amide bonds. The summed E-state index contributed by atoms with van der Waals surface area (Å²) in [6, 6.07) is 16.9. The third kappa shape index (κ3) is 2.94. The van der Waals surface area contributed by atoms with E-state index in [4.69, 9.17) is 4.74 Å². The summed E-state index contributed by atoms with van der Waals surface area (Å²) in [5.41, 5.74) is 2.00. The Morgan fingerprint density at radius 3 is 2.23 bits per heavy atom. The summed E-state index contributed by atoms with van der Waals surface area (Å²) in [7, 11) is -2.14. The number of nitriles is 1. The van der Waals surface area contributed by atoms with Crippen molar-refractivity contribution < 1.29 is 13.2 Å². The monoisotopic (exact) mass is 369 g/mol. The van der Waals surface area contributed by atoms with Gasteiger partial charge in [-0.25, -0.2) is 8.42 Å². The summed E-state index contributed by atoms with van der Waals surface area (Å²) in [4.78, 5) is 0.261. The molecule has 0 aromatic heterocycles. The van der Waals surface area contributed by atoms with Gasteiger partial charge in [-0.15, -0.1) is 0 Å². The molecule has 5 heteroatoms. The van der Waals surface area contributed by atoms with Crippen LogP contribution in [-0.4, -0.2) is 27.4 Å². The van der Waals surface area contributed by atoms with Crippen LogP contribution in [0, 0.1) is 23.7 Å². The zero-order chi connectivity index (χ0) is 18.9. The Bertz CT molecular complexity index is 927. The lowest BCUT2D eigenvalue weighted by Gasteiger charge is -2.08. The van der Waals surface area contributed by atoms with Crippen LogP contribution in [-0.2, 0) is 21.0 Å². The fraction of sp³-hybridized carbons (Fsp3) is 0.381. The molecule has 4 nitrogen and oxygen atoms in total. The van der Waals surface area contributed by atoms with Crippen molar-refractivity contribution in [2.45, 2.75) is 36.3 Å². The number of hydrogen-bond acceptors (Lipinski definition) is 4. The first-order valence-corrected chi connectivity index (χ1v) is 10.2. The van der Waals surface area contributed by atoms with E-state index in [9.17, 15) is 13.7 Å². The number of rotatable bonds is 6. The molecule has 1 aliphatic carbocycles. The van der Waals surface area contributed by atoms with Crippen molar-refractivity contribution in [1.82, 2.24) is 0 Å². The molecular formula is C21H23NO3S. The van der Waals surface area contributed by atoms with Crippen LogP contribution in [0.2, 0.25) is 0 Å². The second-order valence-corrected chi connectivity index (χ2v) is 9.01. The molecule has 0 saturated heterocycles. The van der Waals surface area contributed by atoms with Gasteiger partial charge in [0.25, 0.3) is 0 Å². The number of nitrogens with zero attached hydrogens (tertiary/aromatic N) is 1. The van der Waals surface area contributed by atoms with Crippen molar-refractivity contribution in [3.8, 4) is 6.07 Å². The molecule has 26 heavy (non-hydrogen) atoms. The third-order valence-corrected chi connectivity index (χ3v) is 7.57. The second-order valence-electron chi connectivity index (χ2n) is 6.94. The Balaban J connectivity index is 2.05. The van der Waals surface area contributed by atoms with Gasteiger partial charge in [-0.2, -0.15) is 5.26 Å². The van der Waals surface area contributed by atoms with E-state index in [0.717, 1.165) is 17.5 Å². The Hall–Kier alpha value is -2.16.